The van der Waals surface area contributed by atoms with Crippen LogP contribution in [0.1, 0.15) is 10.4 Å². The minimum absolute atomic E-state index is 0.0354. The molecule has 1 aromatic rings. The van der Waals surface area contributed by atoms with Crippen molar-refractivity contribution in [2.24, 2.45) is 0 Å². The number of hydrogen-bond acceptors (Lipinski definition) is 2. The Morgan fingerprint density at radius 1 is 1.36 bits per heavy atom. The van der Waals surface area contributed by atoms with Crippen LogP contribution < -0.4 is 4.74 Å². The zero-order chi connectivity index (χ0) is 10.8. The molecule has 0 saturated heterocycles. The standard InChI is InChI=1S/C9H5F3O2/c1-6(13)7-3-2-4-8(5-7)14-9(10,11)12/h1-5H. The number of benzene rings is 1. The zero-order valence-corrected chi connectivity index (χ0v) is 6.84. The molecular formula is C9H5F3O2. The van der Waals surface area contributed by atoms with Gasteiger partial charge in [0.05, 0.1) is 0 Å². The van der Waals surface area contributed by atoms with Gasteiger partial charge in [0.25, 0.3) is 0 Å². The van der Waals surface area contributed by atoms with E-state index in [1.807, 2.05) is 0 Å². The monoisotopic (exact) mass is 202 g/mol. The number of Topliss-reactive ketones (excluding diaryl/α,β-unsaturated/α-hetero) is 1. The molecule has 0 saturated carbocycles. The Morgan fingerprint density at radius 3 is 2.50 bits per heavy atom. The Hall–Kier alpha value is -1.52. The molecule has 2 radical (unpaired) electrons. The highest BCUT2D eigenvalue weighted by Gasteiger charge is 2.31. The second-order valence-electron chi connectivity index (χ2n) is 2.44. The van der Waals surface area contributed by atoms with E-state index in [9.17, 15) is 18.0 Å². The second kappa shape index (κ2) is 3.69. The number of hydrogen-bond donors (Lipinski definition) is 0. The van der Waals surface area contributed by atoms with Crippen LogP contribution in [0.15, 0.2) is 24.3 Å². The predicted octanol–water partition coefficient (Wildman–Crippen LogP) is 2.48. The normalized spacial score (nSPS) is 11.1. The molecule has 14 heavy (non-hydrogen) atoms. The quantitative estimate of drug-likeness (QED) is 0.688. The SMILES string of the molecule is [CH]C(=O)c1cccc(OC(F)(F)F)c1. The molecule has 0 fully saturated rings. The lowest BCUT2D eigenvalue weighted by Crippen LogP contribution is -2.17. The molecule has 0 spiro atoms. The summed E-state index contributed by atoms with van der Waals surface area (Å²) in [5.74, 6) is -1.27. The van der Waals surface area contributed by atoms with Gasteiger partial charge in [-0.15, -0.1) is 13.2 Å². The van der Waals surface area contributed by atoms with E-state index >= 15 is 0 Å². The fourth-order valence-electron chi connectivity index (χ4n) is 0.846. The van der Waals surface area contributed by atoms with Crippen molar-refractivity contribution in [1.29, 1.82) is 0 Å². The van der Waals surface area contributed by atoms with Crippen molar-refractivity contribution >= 4 is 5.78 Å². The lowest BCUT2D eigenvalue weighted by molar-refractivity contribution is -0.274. The smallest absolute Gasteiger partial charge is 0.406 e. The Kier molecular flexibility index (Phi) is 2.78. The molecule has 2 nitrogen and oxygen atoms in total. The summed E-state index contributed by atoms with van der Waals surface area (Å²) in [6.45, 7) is 4.87. The molecule has 0 aromatic heterocycles. The highest BCUT2D eigenvalue weighted by Crippen LogP contribution is 2.23. The van der Waals surface area contributed by atoms with Crippen LogP contribution in [-0.4, -0.2) is 12.1 Å². The molecule has 0 aliphatic rings. The Balaban J connectivity index is 2.89. The molecule has 0 atom stereocenters. The number of carbonyl (C=O) groups is 1. The van der Waals surface area contributed by atoms with E-state index in [1.165, 1.54) is 12.1 Å². The third-order valence-electron chi connectivity index (χ3n) is 1.35. The highest BCUT2D eigenvalue weighted by molar-refractivity contribution is 5.99. The van der Waals surface area contributed by atoms with Gasteiger partial charge in [-0.1, -0.05) is 12.1 Å². The van der Waals surface area contributed by atoms with Gasteiger partial charge in [-0.3, -0.25) is 4.79 Å². The molecule has 1 rings (SSSR count). The maximum absolute atomic E-state index is 11.7. The Bertz CT molecular complexity index is 344. The van der Waals surface area contributed by atoms with E-state index < -0.39 is 17.9 Å². The number of rotatable bonds is 2. The summed E-state index contributed by atoms with van der Waals surface area (Å²) in [7, 11) is 0. The van der Waals surface area contributed by atoms with Gasteiger partial charge in [-0.05, 0) is 12.1 Å². The van der Waals surface area contributed by atoms with Gasteiger partial charge in [-0.25, -0.2) is 0 Å². The first-order chi connectivity index (χ1) is 6.38. The van der Waals surface area contributed by atoms with Gasteiger partial charge in [0, 0.05) is 12.5 Å². The first-order valence-corrected chi connectivity index (χ1v) is 3.54. The van der Waals surface area contributed by atoms with Crippen LogP contribution in [-0.2, 0) is 0 Å². The minimum atomic E-state index is -4.77. The molecule has 0 heterocycles. The first kappa shape index (κ1) is 10.6. The van der Waals surface area contributed by atoms with E-state index in [-0.39, 0.29) is 5.56 Å². The van der Waals surface area contributed by atoms with Crippen molar-refractivity contribution in [2.45, 2.75) is 6.36 Å². The van der Waals surface area contributed by atoms with Gasteiger partial charge in [0.15, 0.2) is 5.78 Å². The number of halogens is 3. The molecule has 0 amide bonds. The molecular weight excluding hydrogens is 197 g/mol. The van der Waals surface area contributed by atoms with Crippen LogP contribution in [0.4, 0.5) is 13.2 Å². The average molecular weight is 202 g/mol. The fraction of sp³-hybridized carbons (Fsp3) is 0.111. The van der Waals surface area contributed by atoms with Crippen molar-refractivity contribution < 1.29 is 22.7 Å². The van der Waals surface area contributed by atoms with Gasteiger partial charge >= 0.3 is 6.36 Å². The van der Waals surface area contributed by atoms with Crippen molar-refractivity contribution in [3.63, 3.8) is 0 Å². The summed E-state index contributed by atoms with van der Waals surface area (Å²) in [5.41, 5.74) is -0.0354. The first-order valence-electron chi connectivity index (χ1n) is 3.54. The number of ketones is 1. The summed E-state index contributed by atoms with van der Waals surface area (Å²) in [6, 6.07) is 4.56. The maximum atomic E-state index is 11.7. The van der Waals surface area contributed by atoms with Crippen LogP contribution >= 0.6 is 0 Å². The number of carbonyl (C=O) groups excluding carboxylic acids is 1. The largest absolute Gasteiger partial charge is 0.573 e. The van der Waals surface area contributed by atoms with Crippen LogP contribution in [0, 0.1) is 6.92 Å². The molecule has 0 N–H and O–H groups in total. The van der Waals surface area contributed by atoms with Crippen LogP contribution in [0.5, 0.6) is 5.75 Å². The molecule has 74 valence electrons. The molecule has 0 aliphatic heterocycles. The molecule has 5 heteroatoms. The summed E-state index contributed by atoms with van der Waals surface area (Å²) < 4.78 is 38.8. The lowest BCUT2D eigenvalue weighted by Gasteiger charge is -2.08. The van der Waals surface area contributed by atoms with Crippen molar-refractivity contribution in [2.75, 3.05) is 0 Å². The van der Waals surface area contributed by atoms with Gasteiger partial charge in [0.2, 0.25) is 0 Å². The van der Waals surface area contributed by atoms with E-state index in [4.69, 9.17) is 6.92 Å². The predicted molar refractivity (Wildman–Crippen MR) is 41.8 cm³/mol. The van der Waals surface area contributed by atoms with Crippen LogP contribution in [0.25, 0.3) is 0 Å². The number of ether oxygens (including phenoxy) is 1. The summed E-state index contributed by atoms with van der Waals surface area (Å²) in [4.78, 5) is 10.6. The Morgan fingerprint density at radius 2 is 2.00 bits per heavy atom. The van der Waals surface area contributed by atoms with Gasteiger partial charge < -0.3 is 4.74 Å². The van der Waals surface area contributed by atoms with Crippen molar-refractivity contribution in [3.8, 4) is 5.75 Å². The summed E-state index contributed by atoms with van der Waals surface area (Å²) in [5, 5.41) is 0. The minimum Gasteiger partial charge on any atom is -0.406 e. The van der Waals surface area contributed by atoms with E-state index in [0.717, 1.165) is 12.1 Å². The van der Waals surface area contributed by atoms with Crippen molar-refractivity contribution in [3.05, 3.63) is 36.8 Å². The number of alkyl halides is 3. The molecule has 0 unspecified atom stereocenters. The molecule has 0 aliphatic carbocycles. The zero-order valence-electron chi connectivity index (χ0n) is 6.84. The molecule has 1 aromatic carbocycles. The van der Waals surface area contributed by atoms with E-state index in [1.54, 1.807) is 0 Å². The summed E-state index contributed by atoms with van der Waals surface area (Å²) >= 11 is 0. The third-order valence-corrected chi connectivity index (χ3v) is 1.35. The van der Waals surface area contributed by atoms with E-state index in [0.29, 0.717) is 0 Å². The fourth-order valence-corrected chi connectivity index (χ4v) is 0.846. The van der Waals surface area contributed by atoms with E-state index in [2.05, 4.69) is 4.74 Å². The van der Waals surface area contributed by atoms with Crippen LogP contribution in [0.2, 0.25) is 0 Å². The third kappa shape index (κ3) is 3.08. The molecule has 0 bridgehead atoms. The highest BCUT2D eigenvalue weighted by atomic mass is 19.4. The maximum Gasteiger partial charge on any atom is 0.573 e. The van der Waals surface area contributed by atoms with Crippen LogP contribution in [0.3, 0.4) is 0 Å². The second-order valence-corrected chi connectivity index (χ2v) is 2.44. The van der Waals surface area contributed by atoms with Crippen molar-refractivity contribution in [1.82, 2.24) is 0 Å². The summed E-state index contributed by atoms with van der Waals surface area (Å²) in [6.07, 6.45) is -4.77. The average Bonchev–Trinajstić information content (AvgIpc) is 2.01. The van der Waals surface area contributed by atoms with Gasteiger partial charge in [-0.2, -0.15) is 0 Å². The van der Waals surface area contributed by atoms with Gasteiger partial charge in [0.1, 0.15) is 5.75 Å². The Labute approximate surface area is 78.3 Å². The lowest BCUT2D eigenvalue weighted by atomic mass is 10.1. The topological polar surface area (TPSA) is 26.3 Å².